The smallest absolute Gasteiger partial charge is 0.260 e. The van der Waals surface area contributed by atoms with Crippen LogP contribution in [0.25, 0.3) is 0 Å². The minimum Gasteiger partial charge on any atom is -0.496 e. The van der Waals surface area contributed by atoms with E-state index >= 15 is 0 Å². The van der Waals surface area contributed by atoms with Crippen molar-refractivity contribution < 1.29 is 27.1 Å². The molecule has 1 saturated heterocycles. The van der Waals surface area contributed by atoms with E-state index in [0.717, 1.165) is 12.8 Å². The molecule has 1 aliphatic carbocycles. The van der Waals surface area contributed by atoms with Gasteiger partial charge in [0.2, 0.25) is 10.0 Å². The van der Waals surface area contributed by atoms with Crippen molar-refractivity contribution in [1.29, 1.82) is 0 Å². The van der Waals surface area contributed by atoms with Gasteiger partial charge in [0, 0.05) is 18.6 Å². The fourth-order valence-corrected chi connectivity index (χ4v) is 4.58. The van der Waals surface area contributed by atoms with Crippen molar-refractivity contribution in [3.63, 3.8) is 0 Å². The summed E-state index contributed by atoms with van der Waals surface area (Å²) in [5, 5.41) is 2.60. The lowest BCUT2D eigenvalue weighted by molar-refractivity contribution is 0.102. The summed E-state index contributed by atoms with van der Waals surface area (Å²) in [6.07, 6.45) is 2.32. The van der Waals surface area contributed by atoms with E-state index in [1.807, 2.05) is 0 Å². The number of amides is 1. The number of carbonyl (C=O) groups is 1. The van der Waals surface area contributed by atoms with Gasteiger partial charge in [0.05, 0.1) is 29.9 Å². The Morgan fingerprint density at radius 1 is 1.23 bits per heavy atom. The van der Waals surface area contributed by atoms with Crippen LogP contribution < -0.4 is 14.8 Å². The highest BCUT2D eigenvalue weighted by molar-refractivity contribution is 7.89. The van der Waals surface area contributed by atoms with Crippen molar-refractivity contribution in [3.05, 3.63) is 47.4 Å². The quantitative estimate of drug-likeness (QED) is 0.692. The molecule has 2 aliphatic rings. The molecule has 2 aromatic rings. The molecular formula is C20H22FN3O5S. The third kappa shape index (κ3) is 4.45. The van der Waals surface area contributed by atoms with E-state index < -0.39 is 21.7 Å². The van der Waals surface area contributed by atoms with E-state index in [1.165, 1.54) is 37.4 Å². The van der Waals surface area contributed by atoms with Gasteiger partial charge < -0.3 is 14.8 Å². The van der Waals surface area contributed by atoms with Gasteiger partial charge in [-0.2, -0.15) is 0 Å². The molecule has 4 rings (SSSR count). The lowest BCUT2D eigenvalue weighted by Crippen LogP contribution is -2.35. The average Bonchev–Trinajstić information content (AvgIpc) is 3.45. The minimum atomic E-state index is -3.84. The van der Waals surface area contributed by atoms with Crippen LogP contribution >= 0.6 is 0 Å². The molecule has 0 radical (unpaired) electrons. The Hall–Kier alpha value is -2.56. The molecule has 1 saturated carbocycles. The molecule has 1 amide bonds. The number of benzene rings is 1. The molecule has 0 spiro atoms. The van der Waals surface area contributed by atoms with Crippen LogP contribution in [0, 0.1) is 5.82 Å². The Balaban J connectivity index is 1.58. The van der Waals surface area contributed by atoms with Gasteiger partial charge in [-0.1, -0.05) is 0 Å². The van der Waals surface area contributed by atoms with Crippen LogP contribution in [0.4, 0.5) is 10.2 Å². The second-order valence-corrected chi connectivity index (χ2v) is 9.05. The first-order valence-corrected chi connectivity index (χ1v) is 11.1. The number of nitrogens with one attached hydrogen (secondary N) is 2. The summed E-state index contributed by atoms with van der Waals surface area (Å²) < 4.78 is 52.3. The number of ether oxygens (including phenoxy) is 2. The molecule has 1 aromatic heterocycles. The molecule has 2 fully saturated rings. The molecule has 1 aromatic carbocycles. The number of sulfonamides is 1. The van der Waals surface area contributed by atoms with E-state index in [9.17, 15) is 17.6 Å². The second kappa shape index (κ2) is 8.29. The van der Waals surface area contributed by atoms with Crippen LogP contribution in [-0.2, 0) is 14.8 Å². The van der Waals surface area contributed by atoms with Gasteiger partial charge in [0.15, 0.2) is 0 Å². The zero-order chi connectivity index (χ0) is 21.3. The van der Waals surface area contributed by atoms with Crippen LogP contribution in [0.15, 0.2) is 35.2 Å². The number of aromatic nitrogens is 1. The Morgan fingerprint density at radius 2 is 2.03 bits per heavy atom. The zero-order valence-electron chi connectivity index (χ0n) is 16.4. The number of pyridine rings is 1. The lowest BCUT2D eigenvalue weighted by Gasteiger charge is -2.14. The van der Waals surface area contributed by atoms with Gasteiger partial charge in [0.1, 0.15) is 17.4 Å². The summed E-state index contributed by atoms with van der Waals surface area (Å²) in [5.74, 6) is -0.521. The van der Waals surface area contributed by atoms with Gasteiger partial charge >= 0.3 is 0 Å². The fraction of sp³-hybridized carbons (Fsp3) is 0.400. The van der Waals surface area contributed by atoms with Crippen LogP contribution in [0.1, 0.15) is 41.2 Å². The molecule has 1 aliphatic heterocycles. The molecule has 0 bridgehead atoms. The lowest BCUT2D eigenvalue weighted by atomic mass is 10.2. The number of anilines is 1. The average molecular weight is 435 g/mol. The Labute approximate surface area is 173 Å². The molecule has 160 valence electrons. The SMILES string of the molecule is COc1ccc(S(=O)(=O)NC2CCOC2)cc1C(=O)Nc1ccc(F)c(C2CC2)n1. The Kier molecular flexibility index (Phi) is 5.72. The van der Waals surface area contributed by atoms with E-state index in [-0.39, 0.29) is 34.0 Å². The standard InChI is InChI=1S/C20H22FN3O5S/c1-28-17-6-4-14(30(26,27)24-13-8-9-29-11-13)10-15(17)20(25)23-18-7-5-16(21)19(22-18)12-2-3-12/h4-7,10,12-13,24H,2-3,8-9,11H2,1H3,(H,22,23,25). The molecule has 1 atom stereocenters. The van der Waals surface area contributed by atoms with Crippen molar-refractivity contribution in [1.82, 2.24) is 9.71 Å². The zero-order valence-corrected chi connectivity index (χ0v) is 17.2. The van der Waals surface area contributed by atoms with E-state index in [0.29, 0.717) is 25.3 Å². The highest BCUT2D eigenvalue weighted by Crippen LogP contribution is 2.40. The third-order valence-corrected chi connectivity index (χ3v) is 6.57. The van der Waals surface area contributed by atoms with Crippen molar-refractivity contribution in [2.75, 3.05) is 25.6 Å². The molecule has 30 heavy (non-hydrogen) atoms. The number of hydrogen-bond donors (Lipinski definition) is 2. The first-order valence-electron chi connectivity index (χ1n) is 9.63. The first kappa shape index (κ1) is 20.7. The third-order valence-electron chi connectivity index (χ3n) is 5.06. The van der Waals surface area contributed by atoms with Crippen LogP contribution in [-0.4, -0.2) is 45.7 Å². The molecule has 2 N–H and O–H groups in total. The summed E-state index contributed by atoms with van der Waals surface area (Å²) >= 11 is 0. The van der Waals surface area contributed by atoms with Crippen molar-refractivity contribution in [2.45, 2.75) is 36.1 Å². The number of methoxy groups -OCH3 is 1. The highest BCUT2D eigenvalue weighted by atomic mass is 32.2. The first-order chi connectivity index (χ1) is 14.4. The summed E-state index contributed by atoms with van der Waals surface area (Å²) in [6.45, 7) is 0.805. The van der Waals surface area contributed by atoms with Crippen molar-refractivity contribution in [3.8, 4) is 5.75 Å². The van der Waals surface area contributed by atoms with Gasteiger partial charge in [-0.05, 0) is 49.6 Å². The van der Waals surface area contributed by atoms with E-state index in [1.54, 1.807) is 0 Å². The van der Waals surface area contributed by atoms with Gasteiger partial charge in [-0.3, -0.25) is 4.79 Å². The van der Waals surface area contributed by atoms with Crippen LogP contribution in [0.2, 0.25) is 0 Å². The van der Waals surface area contributed by atoms with Crippen molar-refractivity contribution in [2.24, 2.45) is 0 Å². The Morgan fingerprint density at radius 3 is 2.70 bits per heavy atom. The number of rotatable bonds is 7. The molecule has 8 nitrogen and oxygen atoms in total. The van der Waals surface area contributed by atoms with E-state index in [2.05, 4.69) is 15.0 Å². The Bertz CT molecular complexity index is 1070. The van der Waals surface area contributed by atoms with Crippen LogP contribution in [0.5, 0.6) is 5.75 Å². The van der Waals surface area contributed by atoms with Gasteiger partial charge in [0.25, 0.3) is 5.91 Å². The largest absolute Gasteiger partial charge is 0.496 e. The monoisotopic (exact) mass is 435 g/mol. The summed E-state index contributed by atoms with van der Waals surface area (Å²) in [5.41, 5.74) is 0.362. The van der Waals surface area contributed by atoms with E-state index in [4.69, 9.17) is 9.47 Å². The number of nitrogens with zero attached hydrogens (tertiary/aromatic N) is 1. The number of carbonyl (C=O) groups excluding carboxylic acids is 1. The predicted octanol–water partition coefficient (Wildman–Crippen LogP) is 2.43. The van der Waals surface area contributed by atoms with Gasteiger partial charge in [-0.15, -0.1) is 0 Å². The maximum Gasteiger partial charge on any atom is 0.260 e. The highest BCUT2D eigenvalue weighted by Gasteiger charge is 2.29. The number of halogens is 1. The maximum atomic E-state index is 13.9. The molecule has 10 heteroatoms. The summed E-state index contributed by atoms with van der Waals surface area (Å²) in [4.78, 5) is 17.0. The summed E-state index contributed by atoms with van der Waals surface area (Å²) in [6, 6.07) is 6.36. The van der Waals surface area contributed by atoms with Gasteiger partial charge in [-0.25, -0.2) is 22.5 Å². The van der Waals surface area contributed by atoms with Crippen LogP contribution in [0.3, 0.4) is 0 Å². The predicted molar refractivity (Wildman–Crippen MR) is 107 cm³/mol. The molecular weight excluding hydrogens is 413 g/mol. The molecule has 2 heterocycles. The maximum absolute atomic E-state index is 13.9. The summed E-state index contributed by atoms with van der Waals surface area (Å²) in [7, 11) is -2.46. The second-order valence-electron chi connectivity index (χ2n) is 7.34. The fourth-order valence-electron chi connectivity index (χ4n) is 3.30. The molecule has 1 unspecified atom stereocenters. The van der Waals surface area contributed by atoms with Crippen molar-refractivity contribution >= 4 is 21.7 Å². The topological polar surface area (TPSA) is 107 Å². The number of hydrogen-bond acceptors (Lipinski definition) is 6. The normalized spacial score (nSPS) is 18.9. The minimum absolute atomic E-state index is 0.0298.